The van der Waals surface area contributed by atoms with Gasteiger partial charge in [-0.25, -0.2) is 4.39 Å². The van der Waals surface area contributed by atoms with E-state index in [1.807, 2.05) is 0 Å². The predicted octanol–water partition coefficient (Wildman–Crippen LogP) is 1.13. The summed E-state index contributed by atoms with van der Waals surface area (Å²) >= 11 is 2.80. The zero-order valence-electron chi connectivity index (χ0n) is 7.94. The molecule has 0 spiro atoms. The van der Waals surface area contributed by atoms with Crippen LogP contribution in [0.4, 0.5) is 4.39 Å². The van der Waals surface area contributed by atoms with Gasteiger partial charge < -0.3 is 21.1 Å². The Morgan fingerprint density at radius 1 is 1.56 bits per heavy atom. The Labute approximate surface area is 98.4 Å². The van der Waals surface area contributed by atoms with Gasteiger partial charge in [0, 0.05) is 12.6 Å². The van der Waals surface area contributed by atoms with Crippen molar-refractivity contribution >= 4 is 21.9 Å². The summed E-state index contributed by atoms with van der Waals surface area (Å²) in [6.45, 7) is -0.393. The highest BCUT2D eigenvalue weighted by molar-refractivity contribution is 9.10. The number of aromatic hydroxyl groups is 2. The Bertz CT molecular complexity index is 412. The lowest BCUT2D eigenvalue weighted by Crippen LogP contribution is -2.22. The topological polar surface area (TPSA) is 104 Å². The number of halogens is 2. The highest BCUT2D eigenvalue weighted by Gasteiger charge is 2.28. The maximum atomic E-state index is 13.6. The zero-order valence-corrected chi connectivity index (χ0v) is 9.53. The first-order valence-electron chi connectivity index (χ1n) is 4.22. The van der Waals surface area contributed by atoms with E-state index >= 15 is 0 Å². The molecular weight excluding hydrogens is 285 g/mol. The van der Waals surface area contributed by atoms with Crippen LogP contribution in [0.1, 0.15) is 11.5 Å². The van der Waals surface area contributed by atoms with Crippen LogP contribution in [0.3, 0.4) is 0 Å². The number of phenols is 2. The summed E-state index contributed by atoms with van der Waals surface area (Å²) in [4.78, 5) is 10.8. The summed E-state index contributed by atoms with van der Waals surface area (Å²) in [7, 11) is 0. The monoisotopic (exact) mass is 293 g/mol. The van der Waals surface area contributed by atoms with E-state index in [2.05, 4.69) is 15.9 Å². The van der Waals surface area contributed by atoms with Gasteiger partial charge in [0.25, 0.3) is 0 Å². The summed E-state index contributed by atoms with van der Waals surface area (Å²) < 4.78 is 13.5. The molecule has 1 rings (SSSR count). The number of rotatable bonds is 3. The van der Waals surface area contributed by atoms with Gasteiger partial charge in [-0.3, -0.25) is 4.79 Å². The first-order valence-corrected chi connectivity index (χ1v) is 5.02. The van der Waals surface area contributed by atoms with E-state index in [-0.39, 0.29) is 4.47 Å². The smallest absolute Gasteiger partial charge is 0.312 e. The van der Waals surface area contributed by atoms with Crippen LogP contribution < -0.4 is 5.73 Å². The third kappa shape index (κ3) is 2.10. The second-order valence-electron chi connectivity index (χ2n) is 3.08. The summed E-state index contributed by atoms with van der Waals surface area (Å²) in [6, 6.07) is 0.934. The average Bonchev–Trinajstić information content (AvgIpc) is 2.21. The number of phenolic OH excluding ortho intramolecular Hbond substituents is 2. The summed E-state index contributed by atoms with van der Waals surface area (Å²) in [5.41, 5.74) is 4.66. The van der Waals surface area contributed by atoms with Crippen molar-refractivity contribution < 1.29 is 24.5 Å². The lowest BCUT2D eigenvalue weighted by Gasteiger charge is -2.14. The van der Waals surface area contributed by atoms with Crippen LogP contribution in [0.25, 0.3) is 0 Å². The van der Waals surface area contributed by atoms with Gasteiger partial charge in [-0.15, -0.1) is 0 Å². The first-order chi connectivity index (χ1) is 7.40. The van der Waals surface area contributed by atoms with E-state index in [0.29, 0.717) is 0 Å². The van der Waals surface area contributed by atoms with Gasteiger partial charge >= 0.3 is 5.97 Å². The van der Waals surface area contributed by atoms with Crippen molar-refractivity contribution in [1.82, 2.24) is 0 Å². The second kappa shape index (κ2) is 4.67. The van der Waals surface area contributed by atoms with Gasteiger partial charge in [-0.2, -0.15) is 0 Å². The van der Waals surface area contributed by atoms with Gasteiger partial charge in [0.2, 0.25) is 0 Å². The van der Waals surface area contributed by atoms with Crippen molar-refractivity contribution in [3.05, 3.63) is 21.9 Å². The highest BCUT2D eigenvalue weighted by Crippen LogP contribution is 2.39. The van der Waals surface area contributed by atoms with Crippen molar-refractivity contribution in [2.24, 2.45) is 5.73 Å². The molecule has 0 aliphatic carbocycles. The summed E-state index contributed by atoms with van der Waals surface area (Å²) in [5, 5.41) is 27.5. The van der Waals surface area contributed by atoms with E-state index in [1.165, 1.54) is 0 Å². The number of carbonyl (C=O) groups is 1. The number of carboxylic acids is 1. The predicted molar refractivity (Wildman–Crippen MR) is 56.9 cm³/mol. The minimum Gasteiger partial charge on any atom is -0.504 e. The molecule has 0 aliphatic heterocycles. The Hall–Kier alpha value is -1.34. The Morgan fingerprint density at radius 3 is 2.56 bits per heavy atom. The van der Waals surface area contributed by atoms with Gasteiger partial charge in [0.15, 0.2) is 11.5 Å². The molecular formula is C9H9BrFNO4. The number of benzene rings is 1. The summed E-state index contributed by atoms with van der Waals surface area (Å²) in [6.07, 6.45) is 0. The molecule has 0 radical (unpaired) electrons. The second-order valence-corrected chi connectivity index (χ2v) is 3.93. The van der Waals surface area contributed by atoms with Gasteiger partial charge in [0.05, 0.1) is 10.0 Å². The van der Waals surface area contributed by atoms with Crippen LogP contribution in [-0.2, 0) is 4.79 Å². The van der Waals surface area contributed by atoms with Crippen molar-refractivity contribution in [3.8, 4) is 11.5 Å². The zero-order chi connectivity index (χ0) is 12.5. The van der Waals surface area contributed by atoms with Crippen LogP contribution in [0.15, 0.2) is 10.5 Å². The van der Waals surface area contributed by atoms with Crippen LogP contribution in [0.5, 0.6) is 11.5 Å². The Morgan fingerprint density at radius 2 is 2.12 bits per heavy atom. The molecule has 0 aromatic heterocycles. The fraction of sp³-hybridized carbons (Fsp3) is 0.222. The van der Waals surface area contributed by atoms with Gasteiger partial charge in [-0.1, -0.05) is 0 Å². The van der Waals surface area contributed by atoms with Crippen LogP contribution in [0.2, 0.25) is 0 Å². The molecule has 0 amide bonds. The normalized spacial score (nSPS) is 12.4. The minimum atomic E-state index is -1.41. The van der Waals surface area contributed by atoms with E-state index in [0.717, 1.165) is 6.07 Å². The fourth-order valence-corrected chi connectivity index (χ4v) is 1.71. The minimum absolute atomic E-state index is 0.141. The van der Waals surface area contributed by atoms with E-state index in [4.69, 9.17) is 10.8 Å². The Kier molecular flexibility index (Phi) is 3.71. The fourth-order valence-electron chi connectivity index (χ4n) is 1.28. The van der Waals surface area contributed by atoms with E-state index in [1.54, 1.807) is 0 Å². The molecule has 16 heavy (non-hydrogen) atoms. The first kappa shape index (κ1) is 12.7. The molecule has 88 valence electrons. The molecule has 1 atom stereocenters. The third-order valence-corrected chi connectivity index (χ3v) is 2.67. The molecule has 0 fully saturated rings. The van der Waals surface area contributed by atoms with Crippen molar-refractivity contribution in [3.63, 3.8) is 0 Å². The molecule has 0 saturated carbocycles. The van der Waals surface area contributed by atoms with Gasteiger partial charge in [0.1, 0.15) is 11.7 Å². The number of nitrogens with two attached hydrogens (primary N) is 1. The molecule has 0 bridgehead atoms. The standard InChI is InChI=1S/C9H9BrFNO4/c10-4-1-5(13)8(14)6(7(4)11)3(2-12)9(15)16/h1,3,13-14H,2,12H2,(H,15,16). The molecule has 0 saturated heterocycles. The molecule has 0 aliphatic rings. The maximum absolute atomic E-state index is 13.6. The molecule has 0 heterocycles. The molecule has 1 aromatic carbocycles. The third-order valence-electron chi connectivity index (χ3n) is 2.09. The summed E-state index contributed by atoms with van der Waals surface area (Å²) in [5.74, 6) is -5.16. The van der Waals surface area contributed by atoms with Crippen molar-refractivity contribution in [1.29, 1.82) is 0 Å². The van der Waals surface area contributed by atoms with Crippen LogP contribution in [-0.4, -0.2) is 27.8 Å². The Balaban J connectivity index is 3.47. The number of hydrogen-bond acceptors (Lipinski definition) is 4. The largest absolute Gasteiger partial charge is 0.504 e. The SMILES string of the molecule is NCC(C(=O)O)c1c(O)c(O)cc(Br)c1F. The highest BCUT2D eigenvalue weighted by atomic mass is 79.9. The van der Waals surface area contributed by atoms with Crippen molar-refractivity contribution in [2.75, 3.05) is 6.54 Å². The lowest BCUT2D eigenvalue weighted by atomic mass is 9.97. The molecule has 5 nitrogen and oxygen atoms in total. The number of hydrogen-bond donors (Lipinski definition) is 4. The van der Waals surface area contributed by atoms with Crippen LogP contribution in [0, 0.1) is 5.82 Å². The van der Waals surface area contributed by atoms with Crippen LogP contribution >= 0.6 is 15.9 Å². The van der Waals surface area contributed by atoms with Gasteiger partial charge in [-0.05, 0) is 15.9 Å². The molecule has 1 unspecified atom stereocenters. The van der Waals surface area contributed by atoms with E-state index in [9.17, 15) is 19.4 Å². The average molecular weight is 294 g/mol. The van der Waals surface area contributed by atoms with E-state index < -0.39 is 41.3 Å². The molecule has 7 heteroatoms. The number of aliphatic carboxylic acids is 1. The lowest BCUT2D eigenvalue weighted by molar-refractivity contribution is -0.138. The molecule has 5 N–H and O–H groups in total. The van der Waals surface area contributed by atoms with Crippen molar-refractivity contribution in [2.45, 2.75) is 5.92 Å². The quantitative estimate of drug-likeness (QED) is 0.626. The molecule has 1 aromatic rings. The maximum Gasteiger partial charge on any atom is 0.312 e. The number of carboxylic acid groups (broad SMARTS) is 1.